The Bertz CT molecular complexity index is 689. The number of carbonyl (C=O) groups is 1. The molecule has 0 spiro atoms. The van der Waals surface area contributed by atoms with Gasteiger partial charge in [0.1, 0.15) is 0 Å². The lowest BCUT2D eigenvalue weighted by atomic mass is 9.91. The van der Waals surface area contributed by atoms with E-state index in [4.69, 9.17) is 0 Å². The largest absolute Gasteiger partial charge is 0.331 e. The van der Waals surface area contributed by atoms with Crippen LogP contribution in [0.4, 0.5) is 10.5 Å². The zero-order valence-corrected chi connectivity index (χ0v) is 12.7. The van der Waals surface area contributed by atoms with E-state index in [-0.39, 0.29) is 11.6 Å². The SMILES string of the molecule is O=C(Nc1cnn(-c2ncccn2)c1)N[C@]12CCC[C@H]1CNC2. The first kappa shape index (κ1) is 14.1. The van der Waals surface area contributed by atoms with Gasteiger partial charge in [-0.15, -0.1) is 0 Å². The Kier molecular flexibility index (Phi) is 3.45. The van der Waals surface area contributed by atoms with E-state index in [9.17, 15) is 4.79 Å². The van der Waals surface area contributed by atoms with E-state index in [2.05, 4.69) is 31.0 Å². The molecular weight excluding hydrogens is 294 g/mol. The lowest BCUT2D eigenvalue weighted by Crippen LogP contribution is -2.53. The molecule has 0 bridgehead atoms. The molecule has 1 saturated carbocycles. The molecular formula is C15H19N7O. The molecule has 8 nitrogen and oxygen atoms in total. The van der Waals surface area contributed by atoms with Gasteiger partial charge in [0.2, 0.25) is 5.95 Å². The Morgan fingerprint density at radius 3 is 3.13 bits per heavy atom. The van der Waals surface area contributed by atoms with Crippen LogP contribution in [0.2, 0.25) is 0 Å². The number of nitrogens with one attached hydrogen (secondary N) is 3. The molecule has 3 N–H and O–H groups in total. The molecule has 8 heteroatoms. The summed E-state index contributed by atoms with van der Waals surface area (Å²) in [5.41, 5.74) is 0.523. The summed E-state index contributed by atoms with van der Waals surface area (Å²) in [5, 5.41) is 13.6. The normalized spacial score (nSPS) is 26.0. The Hall–Kier alpha value is -2.48. The average Bonchev–Trinajstić information content (AvgIpc) is 3.23. The van der Waals surface area contributed by atoms with E-state index < -0.39 is 0 Å². The molecule has 0 unspecified atom stereocenters. The van der Waals surface area contributed by atoms with E-state index in [1.807, 2.05) is 0 Å². The minimum atomic E-state index is -0.186. The Morgan fingerprint density at radius 2 is 2.26 bits per heavy atom. The van der Waals surface area contributed by atoms with Crippen LogP contribution in [0.1, 0.15) is 19.3 Å². The van der Waals surface area contributed by atoms with Gasteiger partial charge in [-0.2, -0.15) is 5.10 Å². The summed E-state index contributed by atoms with van der Waals surface area (Å²) in [5.74, 6) is 1.00. The fourth-order valence-corrected chi connectivity index (χ4v) is 3.65. The van der Waals surface area contributed by atoms with Crippen LogP contribution in [0, 0.1) is 5.92 Å². The van der Waals surface area contributed by atoms with Gasteiger partial charge in [0.25, 0.3) is 0 Å². The number of carbonyl (C=O) groups excluding carboxylic acids is 1. The van der Waals surface area contributed by atoms with E-state index in [1.165, 1.54) is 17.5 Å². The second-order valence-electron chi connectivity index (χ2n) is 6.18. The van der Waals surface area contributed by atoms with Crippen LogP contribution in [-0.4, -0.2) is 44.4 Å². The second-order valence-corrected chi connectivity index (χ2v) is 6.18. The van der Waals surface area contributed by atoms with Crippen molar-refractivity contribution < 1.29 is 4.79 Å². The van der Waals surface area contributed by atoms with Gasteiger partial charge in [0.05, 0.1) is 23.6 Å². The summed E-state index contributed by atoms with van der Waals surface area (Å²) >= 11 is 0. The van der Waals surface area contributed by atoms with Crippen molar-refractivity contribution in [2.24, 2.45) is 5.92 Å². The molecule has 120 valence electrons. The van der Waals surface area contributed by atoms with Crippen LogP contribution in [0.25, 0.3) is 5.95 Å². The maximum absolute atomic E-state index is 12.3. The van der Waals surface area contributed by atoms with Gasteiger partial charge >= 0.3 is 6.03 Å². The quantitative estimate of drug-likeness (QED) is 0.783. The fraction of sp³-hybridized carbons (Fsp3) is 0.467. The summed E-state index contributed by atoms with van der Waals surface area (Å²) in [4.78, 5) is 20.6. The summed E-state index contributed by atoms with van der Waals surface area (Å²) in [7, 11) is 0. The van der Waals surface area contributed by atoms with Crippen molar-refractivity contribution >= 4 is 11.7 Å². The number of nitrogens with zero attached hydrogens (tertiary/aromatic N) is 4. The number of fused-ring (bicyclic) bond motifs is 1. The van der Waals surface area contributed by atoms with Crippen molar-refractivity contribution in [1.29, 1.82) is 0 Å². The smallest absolute Gasteiger partial charge is 0.319 e. The third kappa shape index (κ3) is 2.65. The number of aromatic nitrogens is 4. The maximum Gasteiger partial charge on any atom is 0.319 e. The van der Waals surface area contributed by atoms with Gasteiger partial charge in [0.15, 0.2) is 0 Å². The topological polar surface area (TPSA) is 96.8 Å². The number of hydrogen-bond acceptors (Lipinski definition) is 5. The highest BCUT2D eigenvalue weighted by atomic mass is 16.2. The van der Waals surface area contributed by atoms with Gasteiger partial charge in [-0.25, -0.2) is 19.4 Å². The molecule has 2 aromatic heterocycles. The third-order valence-electron chi connectivity index (χ3n) is 4.75. The first-order valence-electron chi connectivity index (χ1n) is 7.87. The van der Waals surface area contributed by atoms with Crippen LogP contribution in [-0.2, 0) is 0 Å². The molecule has 4 rings (SSSR count). The molecule has 2 aliphatic rings. The molecule has 23 heavy (non-hydrogen) atoms. The highest BCUT2D eigenvalue weighted by Gasteiger charge is 2.47. The van der Waals surface area contributed by atoms with E-state index in [0.29, 0.717) is 17.6 Å². The zero-order valence-electron chi connectivity index (χ0n) is 12.7. The number of urea groups is 1. The molecule has 2 amide bonds. The van der Waals surface area contributed by atoms with Gasteiger partial charge in [0, 0.05) is 25.5 Å². The number of hydrogen-bond donors (Lipinski definition) is 3. The summed E-state index contributed by atoms with van der Waals surface area (Å²) in [6.07, 6.45) is 9.98. The van der Waals surface area contributed by atoms with E-state index in [0.717, 1.165) is 19.5 Å². The average molecular weight is 313 g/mol. The number of anilines is 1. The van der Waals surface area contributed by atoms with Crippen molar-refractivity contribution in [3.63, 3.8) is 0 Å². The monoisotopic (exact) mass is 313 g/mol. The molecule has 1 aliphatic carbocycles. The lowest BCUT2D eigenvalue weighted by Gasteiger charge is -2.29. The Balaban J connectivity index is 1.42. The van der Waals surface area contributed by atoms with E-state index >= 15 is 0 Å². The van der Waals surface area contributed by atoms with E-state index in [1.54, 1.807) is 30.9 Å². The molecule has 1 aliphatic heterocycles. The third-order valence-corrected chi connectivity index (χ3v) is 4.75. The summed E-state index contributed by atoms with van der Waals surface area (Å²) in [6.45, 7) is 1.84. The van der Waals surface area contributed by atoms with Gasteiger partial charge < -0.3 is 16.0 Å². The Morgan fingerprint density at radius 1 is 1.39 bits per heavy atom. The highest BCUT2D eigenvalue weighted by molar-refractivity contribution is 5.89. The van der Waals surface area contributed by atoms with Crippen LogP contribution < -0.4 is 16.0 Å². The molecule has 2 aromatic rings. The zero-order chi connectivity index (χ0) is 15.7. The van der Waals surface area contributed by atoms with Crippen molar-refractivity contribution in [1.82, 2.24) is 30.4 Å². The molecule has 2 atom stereocenters. The van der Waals surface area contributed by atoms with Crippen molar-refractivity contribution in [3.8, 4) is 5.95 Å². The first-order valence-corrected chi connectivity index (χ1v) is 7.87. The lowest BCUT2D eigenvalue weighted by molar-refractivity contribution is 0.232. The Labute approximate surface area is 133 Å². The molecule has 2 fully saturated rings. The standard InChI is InChI=1S/C15H19N7O/c23-14(21-15-4-1-3-11(15)7-16-10-15)20-12-8-19-22(9-12)13-17-5-2-6-18-13/h2,5-6,8-9,11,16H,1,3-4,7,10H2,(H2,20,21,23)/t11-,15-/m0/s1. The van der Waals surface area contributed by atoms with Crippen LogP contribution >= 0.6 is 0 Å². The summed E-state index contributed by atoms with van der Waals surface area (Å²) in [6, 6.07) is 1.56. The molecule has 1 saturated heterocycles. The summed E-state index contributed by atoms with van der Waals surface area (Å²) < 4.78 is 1.53. The highest BCUT2D eigenvalue weighted by Crippen LogP contribution is 2.38. The maximum atomic E-state index is 12.3. The van der Waals surface area contributed by atoms with Crippen LogP contribution in [0.5, 0.6) is 0 Å². The number of rotatable bonds is 3. The fourth-order valence-electron chi connectivity index (χ4n) is 3.65. The van der Waals surface area contributed by atoms with Gasteiger partial charge in [-0.3, -0.25) is 0 Å². The van der Waals surface area contributed by atoms with Crippen molar-refractivity contribution in [3.05, 3.63) is 30.9 Å². The predicted molar refractivity (Wildman–Crippen MR) is 84.3 cm³/mol. The van der Waals surface area contributed by atoms with Crippen molar-refractivity contribution in [2.75, 3.05) is 18.4 Å². The van der Waals surface area contributed by atoms with Crippen molar-refractivity contribution in [2.45, 2.75) is 24.8 Å². The minimum Gasteiger partial charge on any atom is -0.331 e. The van der Waals surface area contributed by atoms with Gasteiger partial charge in [-0.1, -0.05) is 6.42 Å². The first-order chi connectivity index (χ1) is 11.3. The molecule has 0 radical (unpaired) electrons. The van der Waals surface area contributed by atoms with Crippen LogP contribution in [0.15, 0.2) is 30.9 Å². The van der Waals surface area contributed by atoms with Crippen LogP contribution in [0.3, 0.4) is 0 Å². The second kappa shape index (κ2) is 5.62. The molecule has 3 heterocycles. The number of amides is 2. The predicted octanol–water partition coefficient (Wildman–Crippen LogP) is 0.926. The molecule has 0 aromatic carbocycles. The van der Waals surface area contributed by atoms with Gasteiger partial charge in [-0.05, 0) is 24.8 Å². The minimum absolute atomic E-state index is 0.0946.